The minimum atomic E-state index is -1.13. The van der Waals surface area contributed by atoms with Crippen LogP contribution >= 0.6 is 0 Å². The Morgan fingerprint density at radius 2 is 1.88 bits per heavy atom. The number of pyridine rings is 1. The SMILES string of the molecule is CCC1(c2ccccc2)NC(=O)N(CC(=O)NCc2ccccn2)C1=O. The van der Waals surface area contributed by atoms with Gasteiger partial charge in [0.05, 0.1) is 12.2 Å². The molecule has 134 valence electrons. The number of urea groups is 1. The molecule has 1 aromatic carbocycles. The summed E-state index contributed by atoms with van der Waals surface area (Å²) in [5.74, 6) is -0.830. The summed E-state index contributed by atoms with van der Waals surface area (Å²) in [7, 11) is 0. The van der Waals surface area contributed by atoms with E-state index < -0.39 is 23.4 Å². The van der Waals surface area contributed by atoms with Crippen molar-refractivity contribution >= 4 is 17.8 Å². The van der Waals surface area contributed by atoms with Crippen LogP contribution in [0.3, 0.4) is 0 Å². The number of hydrogen-bond acceptors (Lipinski definition) is 4. The second-order valence-electron chi connectivity index (χ2n) is 6.04. The highest BCUT2D eigenvalue weighted by molar-refractivity contribution is 6.09. The maximum Gasteiger partial charge on any atom is 0.325 e. The standard InChI is InChI=1S/C19H20N4O3/c1-2-19(14-8-4-3-5-9-14)17(25)23(18(26)22-19)13-16(24)21-12-15-10-6-7-11-20-15/h3-11H,2,12-13H2,1H3,(H,21,24)(H,22,26). The maximum atomic E-state index is 12.9. The van der Waals surface area contributed by atoms with Crippen molar-refractivity contribution in [3.05, 3.63) is 66.0 Å². The molecule has 0 radical (unpaired) electrons. The van der Waals surface area contributed by atoms with Crippen molar-refractivity contribution < 1.29 is 14.4 Å². The molecule has 0 aliphatic carbocycles. The van der Waals surface area contributed by atoms with Crippen molar-refractivity contribution in [1.29, 1.82) is 0 Å². The quantitative estimate of drug-likeness (QED) is 0.772. The van der Waals surface area contributed by atoms with Gasteiger partial charge in [0.2, 0.25) is 5.91 Å². The second-order valence-corrected chi connectivity index (χ2v) is 6.04. The van der Waals surface area contributed by atoms with Gasteiger partial charge < -0.3 is 10.6 Å². The van der Waals surface area contributed by atoms with Crippen LogP contribution in [0.1, 0.15) is 24.6 Å². The van der Waals surface area contributed by atoms with Crippen LogP contribution in [0.25, 0.3) is 0 Å². The third-order valence-corrected chi connectivity index (χ3v) is 4.47. The molecule has 3 rings (SSSR count). The van der Waals surface area contributed by atoms with E-state index in [2.05, 4.69) is 15.6 Å². The molecule has 0 bridgehead atoms. The van der Waals surface area contributed by atoms with Crippen LogP contribution < -0.4 is 10.6 Å². The van der Waals surface area contributed by atoms with Crippen LogP contribution in [-0.4, -0.2) is 34.3 Å². The number of nitrogens with zero attached hydrogens (tertiary/aromatic N) is 2. The zero-order valence-electron chi connectivity index (χ0n) is 14.4. The highest BCUT2D eigenvalue weighted by Crippen LogP contribution is 2.32. The van der Waals surface area contributed by atoms with E-state index in [1.807, 2.05) is 31.2 Å². The lowest BCUT2D eigenvalue weighted by Crippen LogP contribution is -2.44. The highest BCUT2D eigenvalue weighted by Gasteiger charge is 2.51. The number of carbonyl (C=O) groups excluding carboxylic acids is 3. The van der Waals surface area contributed by atoms with Crippen LogP contribution in [0.4, 0.5) is 4.79 Å². The van der Waals surface area contributed by atoms with E-state index in [0.29, 0.717) is 17.7 Å². The Hall–Kier alpha value is -3.22. The van der Waals surface area contributed by atoms with E-state index in [4.69, 9.17) is 0 Å². The van der Waals surface area contributed by atoms with E-state index in [9.17, 15) is 14.4 Å². The normalized spacial score (nSPS) is 19.3. The molecule has 7 nitrogen and oxygen atoms in total. The molecule has 1 unspecified atom stereocenters. The number of imide groups is 1. The lowest BCUT2D eigenvalue weighted by atomic mass is 9.87. The molecule has 1 aliphatic heterocycles. The van der Waals surface area contributed by atoms with Crippen LogP contribution in [0.2, 0.25) is 0 Å². The molecule has 1 saturated heterocycles. The molecule has 1 atom stereocenters. The molecule has 2 aromatic rings. The fourth-order valence-corrected chi connectivity index (χ4v) is 3.02. The Balaban J connectivity index is 1.70. The van der Waals surface area contributed by atoms with Gasteiger partial charge >= 0.3 is 6.03 Å². The van der Waals surface area contributed by atoms with Gasteiger partial charge in [-0.05, 0) is 24.1 Å². The number of benzene rings is 1. The minimum Gasteiger partial charge on any atom is -0.349 e. The molecule has 4 amide bonds. The predicted octanol–water partition coefficient (Wildman–Crippen LogP) is 1.56. The number of rotatable bonds is 6. The molecule has 2 heterocycles. The van der Waals surface area contributed by atoms with Crippen LogP contribution in [0.5, 0.6) is 0 Å². The monoisotopic (exact) mass is 352 g/mol. The first-order valence-electron chi connectivity index (χ1n) is 8.43. The number of hydrogen-bond donors (Lipinski definition) is 2. The summed E-state index contributed by atoms with van der Waals surface area (Å²) >= 11 is 0. The maximum absolute atomic E-state index is 12.9. The van der Waals surface area contributed by atoms with Crippen LogP contribution in [0.15, 0.2) is 54.7 Å². The Morgan fingerprint density at radius 3 is 2.54 bits per heavy atom. The molecule has 0 spiro atoms. The summed E-state index contributed by atoms with van der Waals surface area (Å²) in [6.45, 7) is 1.74. The van der Waals surface area contributed by atoms with Gasteiger partial charge in [-0.15, -0.1) is 0 Å². The van der Waals surface area contributed by atoms with E-state index in [1.54, 1.807) is 30.5 Å². The first-order chi connectivity index (χ1) is 12.6. The fourth-order valence-electron chi connectivity index (χ4n) is 3.02. The van der Waals surface area contributed by atoms with Gasteiger partial charge in [-0.3, -0.25) is 19.5 Å². The van der Waals surface area contributed by atoms with Gasteiger partial charge in [-0.2, -0.15) is 0 Å². The average molecular weight is 352 g/mol. The van der Waals surface area contributed by atoms with Gasteiger partial charge in [-0.1, -0.05) is 43.3 Å². The van der Waals surface area contributed by atoms with Crippen molar-refractivity contribution in [3.63, 3.8) is 0 Å². The van der Waals surface area contributed by atoms with Gasteiger partial charge in [0, 0.05) is 6.20 Å². The summed E-state index contributed by atoms with van der Waals surface area (Å²) in [4.78, 5) is 42.5. The highest BCUT2D eigenvalue weighted by atomic mass is 16.2. The smallest absolute Gasteiger partial charge is 0.325 e. The Kier molecular flexibility index (Phi) is 4.97. The Morgan fingerprint density at radius 1 is 1.15 bits per heavy atom. The number of nitrogens with one attached hydrogen (secondary N) is 2. The summed E-state index contributed by atoms with van der Waals surface area (Å²) in [5, 5.41) is 5.43. The Bertz CT molecular complexity index is 810. The first-order valence-corrected chi connectivity index (χ1v) is 8.43. The van der Waals surface area contributed by atoms with Crippen molar-refractivity contribution in [3.8, 4) is 0 Å². The molecule has 0 saturated carbocycles. The van der Waals surface area contributed by atoms with Gasteiger partial charge in [0.1, 0.15) is 12.1 Å². The Labute approximate surface area is 151 Å². The van der Waals surface area contributed by atoms with Gasteiger partial charge in [0.15, 0.2) is 0 Å². The summed E-state index contributed by atoms with van der Waals surface area (Å²) in [6, 6.07) is 13.9. The van der Waals surface area contributed by atoms with E-state index in [1.165, 1.54) is 0 Å². The molecule has 2 N–H and O–H groups in total. The van der Waals surface area contributed by atoms with Crippen molar-refractivity contribution in [2.75, 3.05) is 6.54 Å². The summed E-state index contributed by atoms with van der Waals surface area (Å²) in [6.07, 6.45) is 2.03. The minimum absolute atomic E-state index is 0.237. The summed E-state index contributed by atoms with van der Waals surface area (Å²) < 4.78 is 0. The number of aromatic nitrogens is 1. The zero-order valence-corrected chi connectivity index (χ0v) is 14.4. The van der Waals surface area contributed by atoms with Gasteiger partial charge in [-0.25, -0.2) is 4.79 Å². The van der Waals surface area contributed by atoms with Crippen molar-refractivity contribution in [2.24, 2.45) is 0 Å². The molecule has 1 aromatic heterocycles. The van der Waals surface area contributed by atoms with E-state index in [-0.39, 0.29) is 13.1 Å². The van der Waals surface area contributed by atoms with Crippen molar-refractivity contribution in [1.82, 2.24) is 20.5 Å². The molecule has 1 fully saturated rings. The number of carbonyl (C=O) groups is 3. The number of amides is 4. The zero-order chi connectivity index (χ0) is 18.6. The molecule has 1 aliphatic rings. The molecular formula is C19H20N4O3. The largest absolute Gasteiger partial charge is 0.349 e. The lowest BCUT2D eigenvalue weighted by molar-refractivity contribution is -0.135. The third-order valence-electron chi connectivity index (χ3n) is 4.47. The molecule has 7 heteroatoms. The van der Waals surface area contributed by atoms with E-state index in [0.717, 1.165) is 4.90 Å². The second kappa shape index (κ2) is 7.35. The average Bonchev–Trinajstić information content (AvgIpc) is 2.93. The fraction of sp³-hybridized carbons (Fsp3) is 0.263. The van der Waals surface area contributed by atoms with Crippen LogP contribution in [-0.2, 0) is 21.7 Å². The topological polar surface area (TPSA) is 91.4 Å². The van der Waals surface area contributed by atoms with Gasteiger partial charge in [0.25, 0.3) is 5.91 Å². The lowest BCUT2D eigenvalue weighted by Gasteiger charge is -2.25. The molecular weight excluding hydrogens is 332 g/mol. The first kappa shape index (κ1) is 17.6. The third kappa shape index (κ3) is 3.28. The predicted molar refractivity (Wildman–Crippen MR) is 94.7 cm³/mol. The summed E-state index contributed by atoms with van der Waals surface area (Å²) in [5.41, 5.74) is 0.280. The van der Waals surface area contributed by atoms with Crippen LogP contribution in [0, 0.1) is 0 Å². The van der Waals surface area contributed by atoms with E-state index >= 15 is 0 Å². The molecule has 26 heavy (non-hydrogen) atoms. The van der Waals surface area contributed by atoms with Crippen molar-refractivity contribution in [2.45, 2.75) is 25.4 Å².